The summed E-state index contributed by atoms with van der Waals surface area (Å²) >= 11 is 12.0. The minimum Gasteiger partial charge on any atom is -0.493 e. The molecule has 0 aliphatic heterocycles. The van der Waals surface area contributed by atoms with Gasteiger partial charge in [0.2, 0.25) is 0 Å². The Morgan fingerprint density at radius 2 is 1.57 bits per heavy atom. The molecule has 0 fully saturated rings. The van der Waals surface area contributed by atoms with Crippen molar-refractivity contribution in [1.82, 2.24) is 0 Å². The van der Waals surface area contributed by atoms with Crippen molar-refractivity contribution in [2.75, 3.05) is 14.2 Å². The third-order valence-corrected chi connectivity index (χ3v) is 3.65. The fourth-order valence-corrected chi connectivity index (χ4v) is 2.71. The van der Waals surface area contributed by atoms with Crippen LogP contribution in [0.4, 0.5) is 0 Å². The predicted octanol–water partition coefficient (Wildman–Crippen LogP) is 4.25. The monoisotopic (exact) mass is 325 g/mol. The van der Waals surface area contributed by atoms with Gasteiger partial charge in [-0.05, 0) is 47.9 Å². The van der Waals surface area contributed by atoms with Crippen LogP contribution in [-0.4, -0.2) is 14.2 Å². The molecule has 0 aliphatic rings. The SMILES string of the molecule is COc1ccc(CC(N)c2cc(Cl)cc(Cl)c2)cc1OC. The number of benzene rings is 2. The van der Waals surface area contributed by atoms with Crippen LogP contribution < -0.4 is 15.2 Å². The average molecular weight is 326 g/mol. The molecule has 0 saturated heterocycles. The molecule has 112 valence electrons. The summed E-state index contributed by atoms with van der Waals surface area (Å²) in [5, 5.41) is 1.17. The van der Waals surface area contributed by atoms with Gasteiger partial charge in [0.15, 0.2) is 11.5 Å². The lowest BCUT2D eigenvalue weighted by Gasteiger charge is -2.15. The van der Waals surface area contributed by atoms with Gasteiger partial charge in [-0.1, -0.05) is 29.3 Å². The third-order valence-electron chi connectivity index (χ3n) is 3.22. The summed E-state index contributed by atoms with van der Waals surface area (Å²) < 4.78 is 10.5. The lowest BCUT2D eigenvalue weighted by molar-refractivity contribution is 0.354. The Labute approximate surface area is 134 Å². The summed E-state index contributed by atoms with van der Waals surface area (Å²) in [6, 6.07) is 10.9. The zero-order chi connectivity index (χ0) is 15.4. The van der Waals surface area contributed by atoms with E-state index < -0.39 is 0 Å². The number of hydrogen-bond acceptors (Lipinski definition) is 3. The molecular formula is C16H17Cl2NO2. The van der Waals surface area contributed by atoms with E-state index in [9.17, 15) is 0 Å². The van der Waals surface area contributed by atoms with Gasteiger partial charge in [0.1, 0.15) is 0 Å². The van der Waals surface area contributed by atoms with Crippen LogP contribution in [0.1, 0.15) is 17.2 Å². The van der Waals surface area contributed by atoms with E-state index >= 15 is 0 Å². The predicted molar refractivity (Wildman–Crippen MR) is 86.6 cm³/mol. The van der Waals surface area contributed by atoms with Crippen molar-refractivity contribution in [2.45, 2.75) is 12.5 Å². The number of ether oxygens (including phenoxy) is 2. The molecule has 0 aliphatic carbocycles. The van der Waals surface area contributed by atoms with E-state index in [1.165, 1.54) is 0 Å². The summed E-state index contributed by atoms with van der Waals surface area (Å²) in [5.74, 6) is 1.38. The van der Waals surface area contributed by atoms with Crippen LogP contribution in [0, 0.1) is 0 Å². The normalized spacial score (nSPS) is 12.0. The van der Waals surface area contributed by atoms with Crippen molar-refractivity contribution >= 4 is 23.2 Å². The second kappa shape index (κ2) is 7.03. The minimum atomic E-state index is -0.195. The summed E-state index contributed by atoms with van der Waals surface area (Å²) in [6.07, 6.45) is 0.650. The minimum absolute atomic E-state index is 0.195. The molecule has 2 aromatic carbocycles. The third kappa shape index (κ3) is 4.03. The molecule has 1 atom stereocenters. The number of halogens is 2. The second-order valence-electron chi connectivity index (χ2n) is 4.70. The first-order valence-corrected chi connectivity index (χ1v) is 7.21. The fraction of sp³-hybridized carbons (Fsp3) is 0.250. The maximum atomic E-state index is 6.24. The van der Waals surface area contributed by atoms with Gasteiger partial charge in [0.05, 0.1) is 14.2 Å². The molecule has 0 heterocycles. The van der Waals surface area contributed by atoms with E-state index in [1.807, 2.05) is 30.3 Å². The van der Waals surface area contributed by atoms with Crippen molar-refractivity contribution in [3.05, 3.63) is 57.6 Å². The smallest absolute Gasteiger partial charge is 0.160 e. The standard InChI is InChI=1S/C16H17Cl2NO2/c1-20-15-4-3-10(6-16(15)21-2)5-14(19)11-7-12(17)9-13(18)8-11/h3-4,6-9,14H,5,19H2,1-2H3. The van der Waals surface area contributed by atoms with Crippen LogP contribution in [0.3, 0.4) is 0 Å². The number of rotatable bonds is 5. The lowest BCUT2D eigenvalue weighted by Crippen LogP contribution is -2.13. The molecule has 0 spiro atoms. The van der Waals surface area contributed by atoms with Crippen molar-refractivity contribution < 1.29 is 9.47 Å². The fourth-order valence-electron chi connectivity index (χ4n) is 2.17. The van der Waals surface area contributed by atoms with Gasteiger partial charge in [-0.15, -0.1) is 0 Å². The highest BCUT2D eigenvalue weighted by Crippen LogP contribution is 2.30. The Balaban J connectivity index is 2.20. The van der Waals surface area contributed by atoms with E-state index in [4.69, 9.17) is 38.4 Å². The molecule has 0 aromatic heterocycles. The second-order valence-corrected chi connectivity index (χ2v) is 5.58. The molecule has 0 radical (unpaired) electrons. The van der Waals surface area contributed by atoms with Gasteiger partial charge in [-0.25, -0.2) is 0 Å². The van der Waals surface area contributed by atoms with Crippen molar-refractivity contribution in [3.63, 3.8) is 0 Å². The zero-order valence-electron chi connectivity index (χ0n) is 11.9. The van der Waals surface area contributed by atoms with E-state index in [2.05, 4.69) is 0 Å². The van der Waals surface area contributed by atoms with Crippen LogP contribution >= 0.6 is 23.2 Å². The van der Waals surface area contributed by atoms with E-state index in [1.54, 1.807) is 20.3 Å². The largest absolute Gasteiger partial charge is 0.493 e. The number of methoxy groups -OCH3 is 2. The molecule has 0 saturated carbocycles. The van der Waals surface area contributed by atoms with Crippen LogP contribution in [-0.2, 0) is 6.42 Å². The highest BCUT2D eigenvalue weighted by Gasteiger charge is 2.11. The first-order chi connectivity index (χ1) is 10.0. The number of nitrogens with two attached hydrogens (primary N) is 1. The van der Waals surface area contributed by atoms with E-state index in [0.717, 1.165) is 11.1 Å². The van der Waals surface area contributed by atoms with Gasteiger partial charge < -0.3 is 15.2 Å². The highest BCUT2D eigenvalue weighted by atomic mass is 35.5. The van der Waals surface area contributed by atoms with Gasteiger partial charge in [0.25, 0.3) is 0 Å². The van der Waals surface area contributed by atoms with E-state index in [-0.39, 0.29) is 6.04 Å². The van der Waals surface area contributed by atoms with Crippen molar-refractivity contribution in [2.24, 2.45) is 5.73 Å². The Morgan fingerprint density at radius 1 is 0.952 bits per heavy atom. The van der Waals surface area contributed by atoms with Gasteiger partial charge >= 0.3 is 0 Å². The van der Waals surface area contributed by atoms with Gasteiger partial charge in [-0.3, -0.25) is 0 Å². The zero-order valence-corrected chi connectivity index (χ0v) is 13.4. The molecule has 21 heavy (non-hydrogen) atoms. The summed E-state index contributed by atoms with van der Waals surface area (Å²) in [6.45, 7) is 0. The quantitative estimate of drug-likeness (QED) is 0.893. The Hall–Kier alpha value is -1.42. The Kier molecular flexibility index (Phi) is 5.34. The van der Waals surface area contributed by atoms with Crippen LogP contribution in [0.25, 0.3) is 0 Å². The maximum Gasteiger partial charge on any atom is 0.160 e. The van der Waals surface area contributed by atoms with Crippen LogP contribution in [0.2, 0.25) is 10.0 Å². The molecular weight excluding hydrogens is 309 g/mol. The summed E-state index contributed by atoms with van der Waals surface area (Å²) in [7, 11) is 3.22. The first-order valence-electron chi connectivity index (χ1n) is 6.46. The average Bonchev–Trinajstić information content (AvgIpc) is 2.46. The maximum absolute atomic E-state index is 6.24. The molecule has 0 amide bonds. The molecule has 2 aromatic rings. The van der Waals surface area contributed by atoms with Crippen molar-refractivity contribution in [3.8, 4) is 11.5 Å². The molecule has 0 bridgehead atoms. The molecule has 2 rings (SSSR count). The lowest BCUT2D eigenvalue weighted by atomic mass is 9.99. The van der Waals surface area contributed by atoms with Gasteiger partial charge in [0, 0.05) is 16.1 Å². The van der Waals surface area contributed by atoms with Crippen LogP contribution in [0.5, 0.6) is 11.5 Å². The highest BCUT2D eigenvalue weighted by molar-refractivity contribution is 6.34. The van der Waals surface area contributed by atoms with Gasteiger partial charge in [-0.2, -0.15) is 0 Å². The first kappa shape index (κ1) is 16.0. The summed E-state index contributed by atoms with van der Waals surface area (Å²) in [5.41, 5.74) is 8.19. The molecule has 2 N–H and O–H groups in total. The van der Waals surface area contributed by atoms with E-state index in [0.29, 0.717) is 28.0 Å². The van der Waals surface area contributed by atoms with Crippen molar-refractivity contribution in [1.29, 1.82) is 0 Å². The number of hydrogen-bond donors (Lipinski definition) is 1. The summed E-state index contributed by atoms with van der Waals surface area (Å²) in [4.78, 5) is 0. The van der Waals surface area contributed by atoms with Crippen LogP contribution in [0.15, 0.2) is 36.4 Å². The molecule has 1 unspecified atom stereocenters. The Bertz CT molecular complexity index is 611. The Morgan fingerprint density at radius 3 is 2.14 bits per heavy atom. The molecule has 5 heteroatoms. The topological polar surface area (TPSA) is 44.5 Å². The molecule has 3 nitrogen and oxygen atoms in total.